The van der Waals surface area contributed by atoms with E-state index >= 15 is 0 Å². The lowest BCUT2D eigenvalue weighted by atomic mass is 9.88. The molecule has 0 bridgehead atoms. The molecule has 0 aromatic carbocycles. The molecule has 0 saturated heterocycles. The molecule has 206 valence electrons. The Balaban J connectivity index is 1.36. The molecule has 0 aliphatic heterocycles. The Hall–Kier alpha value is -1.16. The first-order chi connectivity index (χ1) is 17.6. The van der Waals surface area contributed by atoms with Crippen LogP contribution in [0, 0.1) is 11.8 Å². The van der Waals surface area contributed by atoms with Crippen LogP contribution in [0.15, 0.2) is 12.2 Å². The number of ketones is 1. The highest BCUT2D eigenvalue weighted by Gasteiger charge is 2.33. The van der Waals surface area contributed by atoms with Crippen molar-refractivity contribution in [3.8, 4) is 0 Å². The van der Waals surface area contributed by atoms with E-state index in [4.69, 9.17) is 0 Å². The summed E-state index contributed by atoms with van der Waals surface area (Å²) in [5.41, 5.74) is 0. The third-order valence-electron chi connectivity index (χ3n) is 9.22. The summed E-state index contributed by atoms with van der Waals surface area (Å²) < 4.78 is 0. The van der Waals surface area contributed by atoms with E-state index in [1.165, 1.54) is 77.0 Å². The summed E-state index contributed by atoms with van der Waals surface area (Å²) in [7, 11) is 0. The van der Waals surface area contributed by atoms with Gasteiger partial charge < -0.3 is 10.0 Å². The van der Waals surface area contributed by atoms with E-state index in [0.717, 1.165) is 51.4 Å². The second-order valence-electron chi connectivity index (χ2n) is 12.1. The molecule has 1 N–H and O–H groups in total. The number of amides is 1. The number of carbonyl (C=O) groups excluding carboxylic acids is 2. The van der Waals surface area contributed by atoms with Gasteiger partial charge in [0.15, 0.2) is 0 Å². The topological polar surface area (TPSA) is 57.6 Å². The maximum atomic E-state index is 13.3. The molecule has 3 rings (SSSR count). The molecule has 36 heavy (non-hydrogen) atoms. The van der Waals surface area contributed by atoms with Crippen molar-refractivity contribution in [2.45, 2.75) is 166 Å². The Morgan fingerprint density at radius 3 is 2.17 bits per heavy atom. The third kappa shape index (κ3) is 9.62. The molecule has 3 aliphatic rings. The van der Waals surface area contributed by atoms with Crippen LogP contribution < -0.4 is 0 Å². The molecular weight excluding hydrogens is 446 g/mol. The number of rotatable bonds is 15. The van der Waals surface area contributed by atoms with Gasteiger partial charge >= 0.3 is 0 Å². The predicted octanol–water partition coefficient (Wildman–Crippen LogP) is 7.91. The molecular formula is C32H55NO3. The van der Waals surface area contributed by atoms with Crippen LogP contribution in [0.5, 0.6) is 0 Å². The molecule has 4 heteroatoms. The minimum Gasteiger partial charge on any atom is -0.389 e. The lowest BCUT2D eigenvalue weighted by Crippen LogP contribution is -2.48. The van der Waals surface area contributed by atoms with Gasteiger partial charge in [-0.2, -0.15) is 0 Å². The lowest BCUT2D eigenvalue weighted by molar-refractivity contribution is -0.138. The SMILES string of the molecule is CCCCC[C@H](O)C=C[C@H]1CCC(=O)[C@@H]1CCCCCCC(=O)N(C1CCCCC1)C1CCCCC1. The number of Topliss-reactive ketones (excluding diaryl/α,β-unsaturated/α-hetero) is 1. The fourth-order valence-corrected chi connectivity index (χ4v) is 7.06. The Kier molecular flexibility index (Phi) is 13.6. The zero-order chi connectivity index (χ0) is 25.6. The smallest absolute Gasteiger partial charge is 0.223 e. The molecule has 0 heterocycles. The van der Waals surface area contributed by atoms with Crippen LogP contribution >= 0.6 is 0 Å². The Morgan fingerprint density at radius 2 is 1.53 bits per heavy atom. The van der Waals surface area contributed by atoms with Gasteiger partial charge in [0.25, 0.3) is 0 Å². The zero-order valence-corrected chi connectivity index (χ0v) is 23.3. The Labute approximate surface area is 221 Å². The highest BCUT2D eigenvalue weighted by molar-refractivity contribution is 5.83. The van der Waals surface area contributed by atoms with Crippen LogP contribution in [-0.2, 0) is 9.59 Å². The first-order valence-corrected chi connectivity index (χ1v) is 15.8. The van der Waals surface area contributed by atoms with Crippen molar-refractivity contribution < 1.29 is 14.7 Å². The summed E-state index contributed by atoms with van der Waals surface area (Å²) in [6.07, 6.45) is 28.2. The minimum atomic E-state index is -0.368. The number of aliphatic hydroxyl groups is 1. The molecule has 0 aromatic heterocycles. The molecule has 0 unspecified atom stereocenters. The molecule has 3 saturated carbocycles. The van der Waals surface area contributed by atoms with Gasteiger partial charge in [-0.25, -0.2) is 0 Å². The lowest BCUT2D eigenvalue weighted by Gasteiger charge is -2.42. The Morgan fingerprint density at radius 1 is 0.889 bits per heavy atom. The number of allylic oxidation sites excluding steroid dienone is 1. The van der Waals surface area contributed by atoms with Crippen molar-refractivity contribution in [3.05, 3.63) is 12.2 Å². The highest BCUT2D eigenvalue weighted by atomic mass is 16.3. The molecule has 3 aliphatic carbocycles. The fraction of sp³-hybridized carbons (Fsp3) is 0.875. The van der Waals surface area contributed by atoms with Crippen LogP contribution in [0.1, 0.15) is 148 Å². The van der Waals surface area contributed by atoms with Crippen LogP contribution in [0.2, 0.25) is 0 Å². The largest absolute Gasteiger partial charge is 0.389 e. The summed E-state index contributed by atoms with van der Waals surface area (Å²) in [5.74, 6) is 1.27. The van der Waals surface area contributed by atoms with E-state index in [1.807, 2.05) is 6.08 Å². The van der Waals surface area contributed by atoms with Crippen molar-refractivity contribution in [2.24, 2.45) is 11.8 Å². The van der Waals surface area contributed by atoms with Crippen LogP contribution in [0.25, 0.3) is 0 Å². The molecule has 0 spiro atoms. The van der Waals surface area contributed by atoms with Crippen LogP contribution in [0.4, 0.5) is 0 Å². The first-order valence-electron chi connectivity index (χ1n) is 15.8. The zero-order valence-electron chi connectivity index (χ0n) is 23.3. The normalized spacial score (nSPS) is 25.0. The number of unbranched alkanes of at least 4 members (excludes halogenated alkanes) is 5. The second-order valence-corrected chi connectivity index (χ2v) is 12.1. The highest BCUT2D eigenvalue weighted by Crippen LogP contribution is 2.34. The maximum absolute atomic E-state index is 13.3. The number of hydrogen-bond donors (Lipinski definition) is 1. The van der Waals surface area contributed by atoms with Gasteiger partial charge in [-0.3, -0.25) is 9.59 Å². The van der Waals surface area contributed by atoms with E-state index in [-0.39, 0.29) is 12.0 Å². The van der Waals surface area contributed by atoms with Crippen LogP contribution in [0.3, 0.4) is 0 Å². The van der Waals surface area contributed by atoms with Crippen molar-refractivity contribution in [2.75, 3.05) is 0 Å². The number of nitrogens with zero attached hydrogens (tertiary/aromatic N) is 1. The molecule has 1 amide bonds. The number of aliphatic hydroxyl groups excluding tert-OH is 1. The van der Waals surface area contributed by atoms with Gasteiger partial charge in [0.2, 0.25) is 5.91 Å². The third-order valence-corrected chi connectivity index (χ3v) is 9.22. The van der Waals surface area contributed by atoms with E-state index in [0.29, 0.717) is 42.5 Å². The van der Waals surface area contributed by atoms with Crippen molar-refractivity contribution >= 4 is 11.7 Å². The maximum Gasteiger partial charge on any atom is 0.223 e. The molecule has 4 nitrogen and oxygen atoms in total. The van der Waals surface area contributed by atoms with Gasteiger partial charge in [0, 0.05) is 30.8 Å². The van der Waals surface area contributed by atoms with Gasteiger partial charge in [-0.15, -0.1) is 0 Å². The van der Waals surface area contributed by atoms with Gasteiger partial charge in [0.1, 0.15) is 5.78 Å². The summed E-state index contributed by atoms with van der Waals surface area (Å²) in [6.45, 7) is 2.18. The molecule has 0 radical (unpaired) electrons. The summed E-state index contributed by atoms with van der Waals surface area (Å²) in [6, 6.07) is 0.996. The van der Waals surface area contributed by atoms with E-state index in [1.54, 1.807) is 0 Å². The summed E-state index contributed by atoms with van der Waals surface area (Å²) >= 11 is 0. The standard InChI is InChI=1S/C32H55NO3/c1-2-3-8-19-29(34)24-22-26-23-25-31(35)30(26)20-13-4-5-14-21-32(36)33(27-15-9-6-10-16-27)28-17-11-7-12-18-28/h22,24,26-30,34H,2-21,23,25H2,1H3/t26-,29-,30+/m0/s1. The molecule has 3 atom stereocenters. The summed E-state index contributed by atoms with van der Waals surface area (Å²) in [5, 5.41) is 10.2. The Bertz CT molecular complexity index is 644. The van der Waals surface area contributed by atoms with Gasteiger partial charge in [-0.05, 0) is 57.3 Å². The van der Waals surface area contributed by atoms with Gasteiger partial charge in [0.05, 0.1) is 6.10 Å². The van der Waals surface area contributed by atoms with Crippen LogP contribution in [-0.4, -0.2) is 39.9 Å². The average Bonchev–Trinajstić information content (AvgIpc) is 3.25. The average molecular weight is 502 g/mol. The van der Waals surface area contributed by atoms with Gasteiger partial charge in [-0.1, -0.05) is 96.1 Å². The van der Waals surface area contributed by atoms with Crippen molar-refractivity contribution in [3.63, 3.8) is 0 Å². The minimum absolute atomic E-state index is 0.138. The van der Waals surface area contributed by atoms with Crippen molar-refractivity contribution in [1.29, 1.82) is 0 Å². The van der Waals surface area contributed by atoms with E-state index < -0.39 is 0 Å². The number of hydrogen-bond acceptors (Lipinski definition) is 3. The summed E-state index contributed by atoms with van der Waals surface area (Å²) in [4.78, 5) is 28.2. The van der Waals surface area contributed by atoms with E-state index in [9.17, 15) is 14.7 Å². The van der Waals surface area contributed by atoms with E-state index in [2.05, 4.69) is 17.9 Å². The molecule has 3 fully saturated rings. The number of carbonyl (C=O) groups is 2. The second kappa shape index (κ2) is 16.6. The quantitative estimate of drug-likeness (QED) is 0.183. The first kappa shape index (κ1) is 29.4. The fourth-order valence-electron chi connectivity index (χ4n) is 7.06. The van der Waals surface area contributed by atoms with Crippen molar-refractivity contribution in [1.82, 2.24) is 4.90 Å². The monoisotopic (exact) mass is 501 g/mol. The predicted molar refractivity (Wildman–Crippen MR) is 149 cm³/mol. The molecule has 0 aromatic rings.